The summed E-state index contributed by atoms with van der Waals surface area (Å²) in [5.74, 6) is 0.490. The van der Waals surface area contributed by atoms with Gasteiger partial charge in [-0.3, -0.25) is 0 Å². The molecule has 3 nitrogen and oxygen atoms in total. The summed E-state index contributed by atoms with van der Waals surface area (Å²) in [4.78, 5) is 3.88. The highest BCUT2D eigenvalue weighted by atomic mass is 127. The quantitative estimate of drug-likeness (QED) is 0.633. The minimum atomic E-state index is 0.490. The highest BCUT2D eigenvalue weighted by Crippen LogP contribution is 2.17. The predicted molar refractivity (Wildman–Crippen MR) is 48.8 cm³/mol. The first-order valence-electron chi connectivity index (χ1n) is 2.59. The van der Waals surface area contributed by atoms with Crippen LogP contribution >= 0.6 is 22.6 Å². The Labute approximate surface area is 71.8 Å². The summed E-state index contributed by atoms with van der Waals surface area (Å²) in [6, 6.07) is 1.70. The van der Waals surface area contributed by atoms with Crippen molar-refractivity contribution in [2.45, 2.75) is 0 Å². The third-order valence-corrected chi connectivity index (χ3v) is 1.27. The molecule has 0 fully saturated rings. The van der Waals surface area contributed by atoms with Crippen molar-refractivity contribution in [1.29, 1.82) is 5.41 Å². The average Bonchev–Trinajstić information content (AvgIpc) is 2.36. The average molecular weight is 248 g/mol. The highest BCUT2D eigenvalue weighted by molar-refractivity contribution is 14.1. The number of aliphatic imine (C=N–C) groups is 1. The fraction of sp³-hybridized carbons (Fsp3) is 0. The van der Waals surface area contributed by atoms with Crippen molar-refractivity contribution in [2.24, 2.45) is 4.99 Å². The Bertz CT molecular complexity index is 254. The Balaban J connectivity index is 3.00. The molecule has 4 heteroatoms. The normalized spacial score (nSPS) is 10.5. The largest absolute Gasteiger partial charge is 0.446 e. The molecule has 52 valence electrons. The summed E-state index contributed by atoms with van der Waals surface area (Å²) in [5, 5.41) is 6.92. The molecule has 0 bridgehead atoms. The van der Waals surface area contributed by atoms with Gasteiger partial charge in [0, 0.05) is 6.21 Å². The van der Waals surface area contributed by atoms with Gasteiger partial charge in [-0.25, -0.2) is 4.99 Å². The molecule has 0 saturated carbocycles. The Morgan fingerprint density at radius 1 is 1.70 bits per heavy atom. The van der Waals surface area contributed by atoms with E-state index in [9.17, 15) is 0 Å². The molecule has 0 aliphatic carbocycles. The van der Waals surface area contributed by atoms with Gasteiger partial charge < -0.3 is 9.83 Å². The van der Waals surface area contributed by atoms with E-state index < -0.39 is 0 Å². The maximum atomic E-state index is 6.92. The fourth-order valence-corrected chi connectivity index (χ4v) is 0.823. The van der Waals surface area contributed by atoms with Gasteiger partial charge in [0.1, 0.15) is 0 Å². The summed E-state index contributed by atoms with van der Waals surface area (Å²) in [7, 11) is 0. The van der Waals surface area contributed by atoms with Crippen molar-refractivity contribution in [1.82, 2.24) is 0 Å². The predicted octanol–water partition coefficient (Wildman–Crippen LogP) is 2.37. The van der Waals surface area contributed by atoms with Crippen molar-refractivity contribution in [3.8, 4) is 0 Å². The summed E-state index contributed by atoms with van der Waals surface area (Å²) in [5.41, 5.74) is 0.702. The second kappa shape index (κ2) is 3.50. The summed E-state index contributed by atoms with van der Waals surface area (Å²) >= 11 is 1.99. The molecule has 0 spiro atoms. The molecular weight excluding hydrogens is 243 g/mol. The first kappa shape index (κ1) is 7.46. The zero-order valence-corrected chi connectivity index (χ0v) is 7.20. The van der Waals surface area contributed by atoms with Gasteiger partial charge in [-0.1, -0.05) is 0 Å². The number of halogens is 1. The van der Waals surface area contributed by atoms with E-state index in [-0.39, 0.29) is 0 Å². The van der Waals surface area contributed by atoms with E-state index in [4.69, 9.17) is 9.83 Å². The maximum absolute atomic E-state index is 6.92. The number of furan rings is 1. The van der Waals surface area contributed by atoms with Crippen molar-refractivity contribution < 1.29 is 4.42 Å². The third kappa shape index (κ3) is 1.44. The first-order chi connectivity index (χ1) is 4.88. The van der Waals surface area contributed by atoms with E-state index in [1.165, 1.54) is 12.5 Å². The highest BCUT2D eigenvalue weighted by Gasteiger charge is 1.98. The lowest BCUT2D eigenvalue weighted by Crippen LogP contribution is -1.71. The zero-order valence-electron chi connectivity index (χ0n) is 5.04. The lowest BCUT2D eigenvalue weighted by molar-refractivity contribution is 0.578. The molecule has 0 aliphatic heterocycles. The number of rotatable bonds is 2. The first-order valence-corrected chi connectivity index (χ1v) is 3.83. The van der Waals surface area contributed by atoms with Crippen LogP contribution in [-0.2, 0) is 0 Å². The molecule has 0 atom stereocenters. The van der Waals surface area contributed by atoms with Crippen LogP contribution in [0.3, 0.4) is 0 Å². The van der Waals surface area contributed by atoms with E-state index in [1.54, 1.807) is 10.3 Å². The standard InChI is InChI=1S/C6H5IN2O/c7-4-9-6-5(3-8)1-2-10-6/h1-4,8H/b8-3?,9-4-. The van der Waals surface area contributed by atoms with Gasteiger partial charge in [0.05, 0.1) is 16.0 Å². The maximum Gasteiger partial charge on any atom is 0.227 e. The van der Waals surface area contributed by atoms with Gasteiger partial charge >= 0.3 is 0 Å². The molecule has 1 aromatic rings. The van der Waals surface area contributed by atoms with Crippen LogP contribution in [-0.4, -0.2) is 10.4 Å². The fourth-order valence-electron chi connectivity index (χ4n) is 0.570. The molecular formula is C6H5IN2O. The lowest BCUT2D eigenvalue weighted by atomic mass is 10.3. The molecule has 0 radical (unpaired) electrons. The summed E-state index contributed by atoms with van der Waals surface area (Å²) in [6.45, 7) is 0. The Morgan fingerprint density at radius 3 is 3.10 bits per heavy atom. The van der Waals surface area contributed by atoms with Gasteiger partial charge in [0.2, 0.25) is 5.88 Å². The molecule has 1 N–H and O–H groups in total. The van der Waals surface area contributed by atoms with Crippen LogP contribution in [0.1, 0.15) is 5.56 Å². The van der Waals surface area contributed by atoms with Gasteiger partial charge in [0.15, 0.2) is 0 Å². The lowest BCUT2D eigenvalue weighted by Gasteiger charge is -1.83. The van der Waals surface area contributed by atoms with Gasteiger partial charge in [-0.2, -0.15) is 0 Å². The molecule has 1 rings (SSSR count). The van der Waals surface area contributed by atoms with Crippen molar-refractivity contribution in [2.75, 3.05) is 0 Å². The Kier molecular flexibility index (Phi) is 2.61. The second-order valence-corrected chi connectivity index (χ2v) is 2.11. The van der Waals surface area contributed by atoms with Crippen LogP contribution < -0.4 is 0 Å². The van der Waals surface area contributed by atoms with Crippen molar-refractivity contribution >= 4 is 38.9 Å². The zero-order chi connectivity index (χ0) is 7.40. The molecule has 0 aromatic carbocycles. The summed E-state index contributed by atoms with van der Waals surface area (Å²) < 4.78 is 6.54. The topological polar surface area (TPSA) is 49.4 Å². The van der Waals surface area contributed by atoms with E-state index in [0.29, 0.717) is 11.4 Å². The molecule has 0 saturated heterocycles. The molecule has 10 heavy (non-hydrogen) atoms. The van der Waals surface area contributed by atoms with Crippen LogP contribution in [0.2, 0.25) is 0 Å². The van der Waals surface area contributed by atoms with Crippen LogP contribution in [0.15, 0.2) is 21.7 Å². The number of hydrogen-bond acceptors (Lipinski definition) is 3. The minimum absolute atomic E-state index is 0.490. The van der Waals surface area contributed by atoms with Gasteiger partial charge in [-0.15, -0.1) is 0 Å². The smallest absolute Gasteiger partial charge is 0.227 e. The Hall–Kier alpha value is -0.650. The van der Waals surface area contributed by atoms with Crippen molar-refractivity contribution in [3.63, 3.8) is 0 Å². The molecule has 1 heterocycles. The van der Waals surface area contributed by atoms with E-state index in [1.807, 2.05) is 22.6 Å². The Morgan fingerprint density at radius 2 is 2.50 bits per heavy atom. The van der Waals surface area contributed by atoms with Crippen LogP contribution in [0, 0.1) is 5.41 Å². The van der Waals surface area contributed by atoms with E-state index in [2.05, 4.69) is 4.99 Å². The van der Waals surface area contributed by atoms with E-state index >= 15 is 0 Å². The van der Waals surface area contributed by atoms with E-state index in [0.717, 1.165) is 0 Å². The molecule has 0 aliphatic rings. The van der Waals surface area contributed by atoms with Crippen molar-refractivity contribution in [3.05, 3.63) is 17.9 Å². The number of nitrogens with one attached hydrogen (secondary N) is 1. The number of hydrogen-bond donors (Lipinski definition) is 1. The molecule has 1 aromatic heterocycles. The van der Waals surface area contributed by atoms with Crippen LogP contribution in [0.25, 0.3) is 0 Å². The van der Waals surface area contributed by atoms with Crippen LogP contribution in [0.5, 0.6) is 0 Å². The molecule has 0 amide bonds. The monoisotopic (exact) mass is 248 g/mol. The third-order valence-electron chi connectivity index (χ3n) is 0.996. The van der Waals surface area contributed by atoms with Gasteiger partial charge in [0.25, 0.3) is 0 Å². The van der Waals surface area contributed by atoms with Crippen LogP contribution in [0.4, 0.5) is 5.88 Å². The molecule has 0 unspecified atom stereocenters. The summed E-state index contributed by atoms with van der Waals surface area (Å²) in [6.07, 6.45) is 2.72. The number of nitrogens with zero attached hydrogens (tertiary/aromatic N) is 1. The second-order valence-electron chi connectivity index (χ2n) is 1.55. The minimum Gasteiger partial charge on any atom is -0.446 e. The SMILES string of the molecule is N=Cc1ccoc1/N=C\I. The van der Waals surface area contributed by atoms with Gasteiger partial charge in [-0.05, 0) is 28.7 Å².